The number of carbonyl (C=O) groups is 2. The molecule has 29 heavy (non-hydrogen) atoms. The van der Waals surface area contributed by atoms with Crippen LogP contribution in [-0.4, -0.2) is 57.4 Å². The molecule has 2 amide bonds. The fraction of sp³-hybridized carbons (Fsp3) is 0.474. The van der Waals surface area contributed by atoms with Crippen molar-refractivity contribution < 1.29 is 14.0 Å². The SMILES string of the molecule is CC(C)N(CC(=O)Nc1ccc(F)cc1)C(=O)c1cn(C2CCNCC2)nn1.Cl. The molecule has 0 spiro atoms. The van der Waals surface area contributed by atoms with E-state index in [1.54, 1.807) is 10.9 Å². The minimum Gasteiger partial charge on any atom is -0.325 e. The molecule has 0 aliphatic carbocycles. The Bertz CT molecular complexity index is 820. The maximum absolute atomic E-state index is 13.0. The van der Waals surface area contributed by atoms with E-state index in [1.165, 1.54) is 29.2 Å². The molecule has 8 nitrogen and oxygen atoms in total. The first-order chi connectivity index (χ1) is 13.4. The van der Waals surface area contributed by atoms with Crippen LogP contribution < -0.4 is 10.6 Å². The van der Waals surface area contributed by atoms with E-state index < -0.39 is 0 Å². The number of rotatable bonds is 6. The standard InChI is InChI=1S/C19H25FN6O2.ClH/c1-13(2)25(12-18(27)22-15-5-3-14(20)4-6-15)19(28)17-11-26(24-23-17)16-7-9-21-10-8-16;/h3-6,11,13,16,21H,7-10,12H2,1-2H3,(H,22,27);1H. The average molecular weight is 425 g/mol. The van der Waals surface area contributed by atoms with Crippen molar-refractivity contribution in [2.45, 2.75) is 38.8 Å². The van der Waals surface area contributed by atoms with Crippen LogP contribution in [0.25, 0.3) is 0 Å². The van der Waals surface area contributed by atoms with Gasteiger partial charge in [0.05, 0.1) is 12.2 Å². The summed E-state index contributed by atoms with van der Waals surface area (Å²) >= 11 is 0. The first-order valence-electron chi connectivity index (χ1n) is 9.43. The number of aromatic nitrogens is 3. The zero-order chi connectivity index (χ0) is 20.1. The average Bonchev–Trinajstić information content (AvgIpc) is 3.18. The first kappa shape index (κ1) is 22.8. The van der Waals surface area contributed by atoms with E-state index in [1.807, 2.05) is 13.8 Å². The molecule has 10 heteroatoms. The van der Waals surface area contributed by atoms with Crippen molar-refractivity contribution in [1.82, 2.24) is 25.2 Å². The minimum absolute atomic E-state index is 0. The van der Waals surface area contributed by atoms with Crippen LogP contribution in [0.15, 0.2) is 30.5 Å². The van der Waals surface area contributed by atoms with Crippen LogP contribution in [0.4, 0.5) is 10.1 Å². The number of amides is 2. The van der Waals surface area contributed by atoms with Crippen LogP contribution in [0.2, 0.25) is 0 Å². The van der Waals surface area contributed by atoms with Crippen molar-refractivity contribution >= 4 is 29.9 Å². The molecule has 1 aliphatic heterocycles. The molecule has 2 aromatic rings. The van der Waals surface area contributed by atoms with Gasteiger partial charge in [0.25, 0.3) is 5.91 Å². The molecule has 1 aromatic carbocycles. The molecule has 0 bridgehead atoms. The van der Waals surface area contributed by atoms with Gasteiger partial charge in [-0.2, -0.15) is 0 Å². The molecule has 2 N–H and O–H groups in total. The summed E-state index contributed by atoms with van der Waals surface area (Å²) in [6, 6.07) is 5.50. The Morgan fingerprint density at radius 1 is 1.28 bits per heavy atom. The van der Waals surface area contributed by atoms with Gasteiger partial charge in [-0.1, -0.05) is 5.21 Å². The molecule has 1 saturated heterocycles. The van der Waals surface area contributed by atoms with Gasteiger partial charge in [-0.15, -0.1) is 17.5 Å². The third-order valence-corrected chi connectivity index (χ3v) is 4.74. The monoisotopic (exact) mass is 424 g/mol. The number of benzene rings is 1. The lowest BCUT2D eigenvalue weighted by Gasteiger charge is -2.25. The van der Waals surface area contributed by atoms with Crippen LogP contribution in [0.1, 0.15) is 43.2 Å². The fourth-order valence-electron chi connectivity index (χ4n) is 3.15. The number of hydrogen-bond donors (Lipinski definition) is 2. The zero-order valence-corrected chi connectivity index (χ0v) is 17.3. The largest absolute Gasteiger partial charge is 0.325 e. The van der Waals surface area contributed by atoms with Crippen LogP contribution in [0.5, 0.6) is 0 Å². The van der Waals surface area contributed by atoms with Gasteiger partial charge in [-0.25, -0.2) is 9.07 Å². The van der Waals surface area contributed by atoms with Crippen molar-refractivity contribution in [3.8, 4) is 0 Å². The minimum atomic E-state index is -0.381. The van der Waals surface area contributed by atoms with E-state index in [9.17, 15) is 14.0 Å². The molecular weight excluding hydrogens is 399 g/mol. The Kier molecular flexibility index (Phi) is 8.10. The number of nitrogens with one attached hydrogen (secondary N) is 2. The Balaban J connectivity index is 0.00000300. The Hall–Kier alpha value is -2.52. The summed E-state index contributed by atoms with van der Waals surface area (Å²) in [5.74, 6) is -1.09. The molecule has 3 rings (SSSR count). The predicted octanol–water partition coefficient (Wildman–Crippen LogP) is 2.25. The van der Waals surface area contributed by atoms with E-state index in [2.05, 4.69) is 20.9 Å². The van der Waals surface area contributed by atoms with Gasteiger partial charge >= 0.3 is 0 Å². The van der Waals surface area contributed by atoms with Gasteiger partial charge in [0.2, 0.25) is 5.91 Å². The summed E-state index contributed by atoms with van der Waals surface area (Å²) in [5.41, 5.74) is 0.696. The summed E-state index contributed by atoms with van der Waals surface area (Å²) in [7, 11) is 0. The van der Waals surface area contributed by atoms with E-state index in [4.69, 9.17) is 0 Å². The lowest BCUT2D eigenvalue weighted by Crippen LogP contribution is -2.42. The van der Waals surface area contributed by atoms with E-state index in [-0.39, 0.29) is 54.4 Å². The maximum Gasteiger partial charge on any atom is 0.276 e. The smallest absolute Gasteiger partial charge is 0.276 e. The van der Waals surface area contributed by atoms with Gasteiger partial charge in [0, 0.05) is 11.7 Å². The highest BCUT2D eigenvalue weighted by Crippen LogP contribution is 2.18. The highest BCUT2D eigenvalue weighted by molar-refractivity contribution is 5.98. The molecule has 0 radical (unpaired) electrons. The Morgan fingerprint density at radius 3 is 2.55 bits per heavy atom. The normalized spacial score (nSPS) is 14.3. The van der Waals surface area contributed by atoms with Gasteiger partial charge in [0.15, 0.2) is 5.69 Å². The molecule has 0 unspecified atom stereocenters. The third-order valence-electron chi connectivity index (χ3n) is 4.74. The van der Waals surface area contributed by atoms with Crippen LogP contribution in [-0.2, 0) is 4.79 Å². The summed E-state index contributed by atoms with van der Waals surface area (Å²) in [6.07, 6.45) is 3.53. The summed E-state index contributed by atoms with van der Waals surface area (Å²) < 4.78 is 14.7. The maximum atomic E-state index is 13.0. The topological polar surface area (TPSA) is 92.2 Å². The molecule has 0 saturated carbocycles. The highest BCUT2D eigenvalue weighted by Gasteiger charge is 2.25. The summed E-state index contributed by atoms with van der Waals surface area (Å²) in [6.45, 7) is 5.36. The molecule has 158 valence electrons. The van der Waals surface area contributed by atoms with Crippen molar-refractivity contribution in [3.63, 3.8) is 0 Å². The summed E-state index contributed by atoms with van der Waals surface area (Å²) in [5, 5.41) is 14.1. The van der Waals surface area contributed by atoms with Crippen molar-refractivity contribution in [3.05, 3.63) is 42.0 Å². The number of nitrogens with zero attached hydrogens (tertiary/aromatic N) is 4. The van der Waals surface area contributed by atoms with Crippen molar-refractivity contribution in [2.24, 2.45) is 0 Å². The molecule has 2 heterocycles. The lowest BCUT2D eigenvalue weighted by atomic mass is 10.1. The second-order valence-electron chi connectivity index (χ2n) is 7.15. The van der Waals surface area contributed by atoms with Crippen LogP contribution >= 0.6 is 12.4 Å². The van der Waals surface area contributed by atoms with Crippen molar-refractivity contribution in [2.75, 3.05) is 25.0 Å². The van der Waals surface area contributed by atoms with Gasteiger partial charge in [-0.3, -0.25) is 9.59 Å². The van der Waals surface area contributed by atoms with Crippen LogP contribution in [0.3, 0.4) is 0 Å². The number of halogens is 2. The lowest BCUT2D eigenvalue weighted by molar-refractivity contribution is -0.117. The predicted molar refractivity (Wildman–Crippen MR) is 110 cm³/mol. The van der Waals surface area contributed by atoms with E-state index >= 15 is 0 Å². The molecule has 1 fully saturated rings. The number of anilines is 1. The Morgan fingerprint density at radius 2 is 1.93 bits per heavy atom. The fourth-order valence-corrected chi connectivity index (χ4v) is 3.15. The van der Waals surface area contributed by atoms with E-state index in [0.717, 1.165) is 25.9 Å². The number of hydrogen-bond acceptors (Lipinski definition) is 5. The Labute approximate surface area is 175 Å². The molecule has 1 aliphatic rings. The van der Waals surface area contributed by atoms with Gasteiger partial charge in [-0.05, 0) is 64.0 Å². The summed E-state index contributed by atoms with van der Waals surface area (Å²) in [4.78, 5) is 26.7. The highest BCUT2D eigenvalue weighted by atomic mass is 35.5. The number of carbonyl (C=O) groups excluding carboxylic acids is 2. The van der Waals surface area contributed by atoms with E-state index in [0.29, 0.717) is 5.69 Å². The number of piperidine rings is 1. The van der Waals surface area contributed by atoms with Crippen LogP contribution in [0, 0.1) is 5.82 Å². The molecule has 0 atom stereocenters. The third kappa shape index (κ3) is 5.98. The quantitative estimate of drug-likeness (QED) is 0.742. The second-order valence-corrected chi connectivity index (χ2v) is 7.15. The second kappa shape index (κ2) is 10.3. The molecular formula is C19H26ClFN6O2. The molecule has 1 aromatic heterocycles. The van der Waals surface area contributed by atoms with Crippen molar-refractivity contribution in [1.29, 1.82) is 0 Å². The van der Waals surface area contributed by atoms with Gasteiger partial charge < -0.3 is 15.5 Å². The first-order valence-corrected chi connectivity index (χ1v) is 9.43. The van der Waals surface area contributed by atoms with Gasteiger partial charge in [0.1, 0.15) is 12.4 Å². The zero-order valence-electron chi connectivity index (χ0n) is 16.5.